The van der Waals surface area contributed by atoms with Crippen molar-refractivity contribution in [1.29, 1.82) is 0 Å². The van der Waals surface area contributed by atoms with E-state index in [4.69, 9.17) is 9.47 Å². The molecule has 20 heavy (non-hydrogen) atoms. The molecule has 0 unspecified atom stereocenters. The maximum absolute atomic E-state index is 14.0. The molecule has 0 saturated carbocycles. The highest BCUT2D eigenvalue weighted by atomic mass is 19.1. The second-order valence-corrected chi connectivity index (χ2v) is 5.63. The zero-order valence-electron chi connectivity index (χ0n) is 12.3. The predicted octanol–water partition coefficient (Wildman–Crippen LogP) is 3.13. The maximum atomic E-state index is 14.0. The van der Waals surface area contributed by atoms with Crippen LogP contribution in [0.15, 0.2) is 18.2 Å². The molecule has 1 saturated heterocycles. The molecule has 1 aromatic rings. The van der Waals surface area contributed by atoms with Gasteiger partial charge in [-0.15, -0.1) is 0 Å². The molecule has 1 N–H and O–H groups in total. The molecule has 0 spiro atoms. The van der Waals surface area contributed by atoms with Crippen molar-refractivity contribution in [3.05, 3.63) is 29.6 Å². The molecule has 1 fully saturated rings. The Morgan fingerprint density at radius 2 is 2.10 bits per heavy atom. The Bertz CT molecular complexity index is 417. The molecule has 112 valence electrons. The minimum atomic E-state index is -0.278. The molecule has 1 aliphatic rings. The van der Waals surface area contributed by atoms with Gasteiger partial charge < -0.3 is 14.8 Å². The van der Waals surface area contributed by atoms with Crippen LogP contribution in [0.5, 0.6) is 5.75 Å². The summed E-state index contributed by atoms with van der Waals surface area (Å²) in [6.07, 6.45) is 1.99. The van der Waals surface area contributed by atoms with Crippen molar-refractivity contribution in [2.24, 2.45) is 5.92 Å². The first-order valence-corrected chi connectivity index (χ1v) is 7.38. The lowest BCUT2D eigenvalue weighted by Gasteiger charge is -2.23. The smallest absolute Gasteiger partial charge is 0.165 e. The second kappa shape index (κ2) is 7.60. The lowest BCUT2D eigenvalue weighted by molar-refractivity contribution is 0.0490. The van der Waals surface area contributed by atoms with E-state index >= 15 is 0 Å². The van der Waals surface area contributed by atoms with Crippen LogP contribution in [-0.4, -0.2) is 25.9 Å². The molecule has 3 nitrogen and oxygen atoms in total. The highest BCUT2D eigenvalue weighted by molar-refractivity contribution is 5.35. The molecule has 1 heterocycles. The summed E-state index contributed by atoms with van der Waals surface area (Å²) in [7, 11) is 0. The summed E-state index contributed by atoms with van der Waals surface area (Å²) in [5, 5.41) is 3.30. The first-order valence-electron chi connectivity index (χ1n) is 7.38. The zero-order valence-corrected chi connectivity index (χ0v) is 12.3. The summed E-state index contributed by atoms with van der Waals surface area (Å²) in [6.45, 7) is 6.90. The highest BCUT2D eigenvalue weighted by Crippen LogP contribution is 2.25. The Kier molecular flexibility index (Phi) is 5.80. The fourth-order valence-corrected chi connectivity index (χ4v) is 2.28. The summed E-state index contributed by atoms with van der Waals surface area (Å²) >= 11 is 0. The number of benzene rings is 1. The quantitative estimate of drug-likeness (QED) is 0.869. The molecule has 2 rings (SSSR count). The minimum absolute atomic E-state index is 0.278. The van der Waals surface area contributed by atoms with Gasteiger partial charge in [0.1, 0.15) is 0 Å². The zero-order chi connectivity index (χ0) is 14.4. The van der Waals surface area contributed by atoms with Gasteiger partial charge in [0.05, 0.1) is 6.61 Å². The second-order valence-electron chi connectivity index (χ2n) is 5.63. The van der Waals surface area contributed by atoms with Gasteiger partial charge in [-0.1, -0.05) is 26.0 Å². The lowest BCUT2D eigenvalue weighted by atomic mass is 10.0. The summed E-state index contributed by atoms with van der Waals surface area (Å²) in [5.74, 6) is 0.585. The van der Waals surface area contributed by atoms with Crippen LogP contribution in [0.3, 0.4) is 0 Å². The maximum Gasteiger partial charge on any atom is 0.165 e. The molecular weight excluding hydrogens is 257 g/mol. The molecule has 4 heteroatoms. The number of halogens is 1. The van der Waals surface area contributed by atoms with E-state index in [1.807, 2.05) is 6.07 Å². The topological polar surface area (TPSA) is 30.5 Å². The van der Waals surface area contributed by atoms with Crippen molar-refractivity contribution in [3.8, 4) is 5.75 Å². The van der Waals surface area contributed by atoms with E-state index < -0.39 is 0 Å². The van der Waals surface area contributed by atoms with Crippen molar-refractivity contribution in [1.82, 2.24) is 5.32 Å². The largest absolute Gasteiger partial charge is 0.490 e. The number of nitrogens with one attached hydrogen (secondary N) is 1. The van der Waals surface area contributed by atoms with Gasteiger partial charge in [-0.25, -0.2) is 4.39 Å². The third-order valence-electron chi connectivity index (χ3n) is 3.55. The van der Waals surface area contributed by atoms with E-state index in [0.717, 1.165) is 31.6 Å². The van der Waals surface area contributed by atoms with E-state index in [9.17, 15) is 4.39 Å². The van der Waals surface area contributed by atoms with Gasteiger partial charge in [0.2, 0.25) is 0 Å². The normalized spacial score (nSPS) is 16.6. The number of hydrogen-bond acceptors (Lipinski definition) is 3. The van der Waals surface area contributed by atoms with Crippen molar-refractivity contribution < 1.29 is 13.9 Å². The van der Waals surface area contributed by atoms with E-state index in [1.165, 1.54) is 6.07 Å². The van der Waals surface area contributed by atoms with Crippen LogP contribution in [0, 0.1) is 11.7 Å². The third kappa shape index (κ3) is 4.46. The van der Waals surface area contributed by atoms with Gasteiger partial charge in [0.15, 0.2) is 11.6 Å². The van der Waals surface area contributed by atoms with E-state index in [-0.39, 0.29) is 5.82 Å². The molecule has 1 aromatic carbocycles. The minimum Gasteiger partial charge on any atom is -0.490 e. The molecule has 0 radical (unpaired) electrons. The molecular formula is C16H24FNO2. The molecule has 0 atom stereocenters. The fourth-order valence-electron chi connectivity index (χ4n) is 2.28. The summed E-state index contributed by atoms with van der Waals surface area (Å²) in [4.78, 5) is 0. The van der Waals surface area contributed by atoms with Crippen molar-refractivity contribution in [2.45, 2.75) is 39.3 Å². The molecule has 0 aromatic heterocycles. The Labute approximate surface area is 120 Å². The average molecular weight is 281 g/mol. The van der Waals surface area contributed by atoms with Crippen LogP contribution >= 0.6 is 0 Å². The first kappa shape index (κ1) is 15.3. The fraction of sp³-hybridized carbons (Fsp3) is 0.625. The molecule has 1 aliphatic heterocycles. The third-order valence-corrected chi connectivity index (χ3v) is 3.55. The molecule has 0 aliphatic carbocycles. The van der Waals surface area contributed by atoms with Gasteiger partial charge in [-0.2, -0.15) is 0 Å². The van der Waals surface area contributed by atoms with E-state index in [2.05, 4.69) is 19.2 Å². The number of rotatable bonds is 6. The van der Waals surface area contributed by atoms with Gasteiger partial charge in [0.25, 0.3) is 0 Å². The molecule has 0 bridgehead atoms. The van der Waals surface area contributed by atoms with Gasteiger partial charge in [-0.05, 0) is 24.8 Å². The monoisotopic (exact) mass is 281 g/mol. The predicted molar refractivity (Wildman–Crippen MR) is 77.4 cm³/mol. The number of ether oxygens (including phenoxy) is 2. The van der Waals surface area contributed by atoms with Crippen LogP contribution in [0.4, 0.5) is 4.39 Å². The Morgan fingerprint density at radius 3 is 2.80 bits per heavy atom. The number of hydrogen-bond donors (Lipinski definition) is 1. The lowest BCUT2D eigenvalue weighted by Crippen LogP contribution is -2.24. The Hall–Kier alpha value is -1.13. The van der Waals surface area contributed by atoms with Gasteiger partial charge in [0, 0.05) is 31.4 Å². The summed E-state index contributed by atoms with van der Waals surface area (Å²) < 4.78 is 25.0. The summed E-state index contributed by atoms with van der Waals surface area (Å²) in [5.41, 5.74) is 0.880. The van der Waals surface area contributed by atoms with Gasteiger partial charge >= 0.3 is 0 Å². The SMILES string of the molecule is CC(C)NCc1cccc(F)c1OCC1CCOCC1. The average Bonchev–Trinajstić information content (AvgIpc) is 2.45. The van der Waals surface area contributed by atoms with Crippen molar-refractivity contribution >= 4 is 0 Å². The standard InChI is InChI=1S/C16H24FNO2/c1-12(2)18-10-14-4-3-5-15(17)16(14)20-11-13-6-8-19-9-7-13/h3-5,12-13,18H,6-11H2,1-2H3. The van der Waals surface area contributed by atoms with Crippen molar-refractivity contribution in [2.75, 3.05) is 19.8 Å². The first-order chi connectivity index (χ1) is 9.66. The van der Waals surface area contributed by atoms with Crippen LogP contribution in [-0.2, 0) is 11.3 Å². The summed E-state index contributed by atoms with van der Waals surface area (Å²) in [6, 6.07) is 5.46. The Morgan fingerprint density at radius 1 is 1.35 bits per heavy atom. The van der Waals surface area contributed by atoms with E-state index in [1.54, 1.807) is 6.07 Å². The molecule has 0 amide bonds. The van der Waals surface area contributed by atoms with Crippen LogP contribution in [0.2, 0.25) is 0 Å². The van der Waals surface area contributed by atoms with Gasteiger partial charge in [-0.3, -0.25) is 0 Å². The van der Waals surface area contributed by atoms with Crippen LogP contribution in [0.1, 0.15) is 32.3 Å². The van der Waals surface area contributed by atoms with Crippen LogP contribution < -0.4 is 10.1 Å². The van der Waals surface area contributed by atoms with E-state index in [0.29, 0.717) is 30.9 Å². The number of para-hydroxylation sites is 1. The van der Waals surface area contributed by atoms with Crippen molar-refractivity contribution in [3.63, 3.8) is 0 Å². The Balaban J connectivity index is 1.97. The highest BCUT2D eigenvalue weighted by Gasteiger charge is 2.17. The van der Waals surface area contributed by atoms with Crippen LogP contribution in [0.25, 0.3) is 0 Å².